The third kappa shape index (κ3) is 6.59. The van der Waals surface area contributed by atoms with E-state index in [4.69, 9.17) is 18.9 Å². The van der Waals surface area contributed by atoms with Crippen LogP contribution in [0.15, 0.2) is 72.8 Å². The summed E-state index contributed by atoms with van der Waals surface area (Å²) in [6, 6.07) is 22.7. The van der Waals surface area contributed by atoms with Crippen molar-refractivity contribution in [1.82, 2.24) is 5.32 Å². The summed E-state index contributed by atoms with van der Waals surface area (Å²) in [5.41, 5.74) is 2.11. The molecule has 0 saturated carbocycles. The van der Waals surface area contributed by atoms with E-state index in [9.17, 15) is 15.0 Å². The standard InChI is InChI=1S/C31H37NO7/c1-31(2)28(37-4)26(33)27(34)30(39-31)38-21-16-17-22(23-14-8-9-15-25(23)36-3)24(19-21)29(35)32-18-10-13-20-11-6-5-7-12-20/h5-9,11-12,14-17,19,26-28,30,33-34H,10,13,18H2,1-4H3,(H,32,35)/t26-,27+,28+,30+/m0/s1. The molecular formula is C31H37NO7. The summed E-state index contributed by atoms with van der Waals surface area (Å²) in [6.45, 7) is 4.00. The number of carbonyl (C=O) groups excluding carboxylic acids is 1. The highest BCUT2D eigenvalue weighted by molar-refractivity contribution is 6.02. The first kappa shape index (κ1) is 28.6. The van der Waals surface area contributed by atoms with Crippen LogP contribution in [0.4, 0.5) is 0 Å². The topological polar surface area (TPSA) is 106 Å². The Bertz CT molecular complexity index is 1250. The Labute approximate surface area is 229 Å². The number of amides is 1. The van der Waals surface area contributed by atoms with E-state index in [1.165, 1.54) is 12.7 Å². The zero-order chi connectivity index (χ0) is 28.0. The highest BCUT2D eigenvalue weighted by Crippen LogP contribution is 2.36. The Morgan fingerprint density at radius 1 is 0.949 bits per heavy atom. The van der Waals surface area contributed by atoms with Crippen molar-refractivity contribution >= 4 is 5.91 Å². The molecule has 0 bridgehead atoms. The van der Waals surface area contributed by atoms with Crippen molar-refractivity contribution in [2.45, 2.75) is 56.9 Å². The molecule has 1 amide bonds. The summed E-state index contributed by atoms with van der Waals surface area (Å²) in [6.07, 6.45) is -2.85. The van der Waals surface area contributed by atoms with E-state index in [1.807, 2.05) is 42.5 Å². The van der Waals surface area contributed by atoms with Gasteiger partial charge in [-0.2, -0.15) is 0 Å². The summed E-state index contributed by atoms with van der Waals surface area (Å²) in [5, 5.41) is 24.3. The monoisotopic (exact) mass is 535 g/mol. The van der Waals surface area contributed by atoms with Gasteiger partial charge in [-0.15, -0.1) is 0 Å². The number of methoxy groups -OCH3 is 2. The maximum atomic E-state index is 13.5. The van der Waals surface area contributed by atoms with E-state index in [-0.39, 0.29) is 5.91 Å². The molecule has 3 aromatic carbocycles. The molecule has 0 unspecified atom stereocenters. The van der Waals surface area contributed by atoms with Crippen molar-refractivity contribution in [3.05, 3.63) is 83.9 Å². The van der Waals surface area contributed by atoms with Gasteiger partial charge in [0.25, 0.3) is 5.91 Å². The SMILES string of the molecule is COc1ccccc1-c1ccc(O[C@@H]2OC(C)(C)[C@H](OC)[C@@H](O)[C@H]2O)cc1C(=O)NCCCc1ccccc1. The van der Waals surface area contributed by atoms with Crippen LogP contribution < -0.4 is 14.8 Å². The van der Waals surface area contributed by atoms with Gasteiger partial charge in [-0.1, -0.05) is 48.5 Å². The lowest BCUT2D eigenvalue weighted by molar-refractivity contribution is -0.305. The third-order valence-electron chi connectivity index (χ3n) is 6.95. The number of aliphatic hydroxyl groups excluding tert-OH is 2. The lowest BCUT2D eigenvalue weighted by atomic mass is 9.89. The van der Waals surface area contributed by atoms with Gasteiger partial charge in [-0.05, 0) is 62.1 Å². The number of ether oxygens (including phenoxy) is 4. The first-order valence-corrected chi connectivity index (χ1v) is 13.1. The van der Waals surface area contributed by atoms with Gasteiger partial charge in [-0.25, -0.2) is 0 Å². The van der Waals surface area contributed by atoms with E-state index in [1.54, 1.807) is 39.2 Å². The normalized spacial score (nSPS) is 22.2. The molecule has 8 heteroatoms. The maximum Gasteiger partial charge on any atom is 0.252 e. The van der Waals surface area contributed by atoms with E-state index < -0.39 is 30.2 Å². The van der Waals surface area contributed by atoms with Crippen molar-refractivity contribution in [2.24, 2.45) is 0 Å². The summed E-state index contributed by atoms with van der Waals surface area (Å²) >= 11 is 0. The van der Waals surface area contributed by atoms with Crippen LogP contribution in [0.5, 0.6) is 11.5 Å². The van der Waals surface area contributed by atoms with Crippen LogP contribution >= 0.6 is 0 Å². The minimum absolute atomic E-state index is 0.264. The van der Waals surface area contributed by atoms with Crippen LogP contribution in [0.2, 0.25) is 0 Å². The van der Waals surface area contributed by atoms with E-state index in [0.29, 0.717) is 29.2 Å². The highest BCUT2D eigenvalue weighted by atomic mass is 16.7. The van der Waals surface area contributed by atoms with Crippen molar-refractivity contribution in [2.75, 3.05) is 20.8 Å². The van der Waals surface area contributed by atoms with Gasteiger partial charge in [-0.3, -0.25) is 4.79 Å². The lowest BCUT2D eigenvalue weighted by Crippen LogP contribution is -2.63. The Morgan fingerprint density at radius 3 is 2.38 bits per heavy atom. The molecule has 0 aromatic heterocycles. The Morgan fingerprint density at radius 2 is 1.67 bits per heavy atom. The molecule has 1 aliphatic rings. The Balaban J connectivity index is 1.57. The van der Waals surface area contributed by atoms with Gasteiger partial charge >= 0.3 is 0 Å². The van der Waals surface area contributed by atoms with E-state index in [2.05, 4.69) is 17.4 Å². The van der Waals surface area contributed by atoms with Gasteiger partial charge in [0.2, 0.25) is 6.29 Å². The van der Waals surface area contributed by atoms with Crippen molar-refractivity contribution < 1.29 is 34.0 Å². The van der Waals surface area contributed by atoms with Crippen molar-refractivity contribution in [1.29, 1.82) is 0 Å². The first-order chi connectivity index (χ1) is 18.7. The number of benzene rings is 3. The largest absolute Gasteiger partial charge is 0.496 e. The molecule has 3 aromatic rings. The van der Waals surface area contributed by atoms with Crippen molar-refractivity contribution in [3.8, 4) is 22.6 Å². The van der Waals surface area contributed by atoms with Crippen molar-refractivity contribution in [3.63, 3.8) is 0 Å². The Kier molecular flexibility index (Phi) is 9.24. The summed E-state index contributed by atoms with van der Waals surface area (Å²) < 4.78 is 22.8. The zero-order valence-corrected chi connectivity index (χ0v) is 22.8. The fourth-order valence-electron chi connectivity index (χ4n) is 4.96. The number of hydrogen-bond acceptors (Lipinski definition) is 7. The van der Waals surface area contributed by atoms with Gasteiger partial charge in [0.05, 0.1) is 18.3 Å². The third-order valence-corrected chi connectivity index (χ3v) is 6.95. The molecule has 1 aliphatic heterocycles. The maximum absolute atomic E-state index is 13.5. The van der Waals surface area contributed by atoms with Crippen LogP contribution in [0.3, 0.4) is 0 Å². The molecule has 0 aliphatic carbocycles. The number of aliphatic hydroxyl groups is 2. The Hall–Kier alpha value is -3.43. The molecule has 0 radical (unpaired) electrons. The minimum atomic E-state index is -1.35. The van der Waals surface area contributed by atoms with E-state index in [0.717, 1.165) is 18.4 Å². The second-order valence-corrected chi connectivity index (χ2v) is 10.1. The van der Waals surface area contributed by atoms with E-state index >= 15 is 0 Å². The lowest BCUT2D eigenvalue weighted by Gasteiger charge is -2.46. The summed E-state index contributed by atoms with van der Waals surface area (Å²) in [4.78, 5) is 13.5. The average Bonchev–Trinajstić information content (AvgIpc) is 2.94. The molecule has 8 nitrogen and oxygen atoms in total. The van der Waals surface area contributed by atoms with Crippen LogP contribution in [-0.4, -0.2) is 67.1 Å². The number of nitrogens with one attached hydrogen (secondary N) is 1. The zero-order valence-electron chi connectivity index (χ0n) is 22.8. The summed E-state index contributed by atoms with van der Waals surface area (Å²) in [7, 11) is 3.04. The van der Waals surface area contributed by atoms with Crippen LogP contribution in [0.1, 0.15) is 36.2 Å². The number of rotatable bonds is 10. The quantitative estimate of drug-likeness (QED) is 0.337. The predicted octanol–water partition coefficient (Wildman–Crippen LogP) is 3.98. The fraction of sp³-hybridized carbons (Fsp3) is 0.387. The second-order valence-electron chi connectivity index (χ2n) is 10.1. The molecule has 1 fully saturated rings. The second kappa shape index (κ2) is 12.6. The molecule has 1 saturated heterocycles. The van der Waals surface area contributed by atoms with Crippen LogP contribution in [-0.2, 0) is 15.9 Å². The number of aryl methyl sites for hydroxylation is 1. The molecule has 0 spiro atoms. The number of para-hydroxylation sites is 1. The van der Waals surface area contributed by atoms with Gasteiger partial charge in [0, 0.05) is 19.2 Å². The molecule has 4 atom stereocenters. The highest BCUT2D eigenvalue weighted by Gasteiger charge is 2.50. The predicted molar refractivity (Wildman–Crippen MR) is 148 cm³/mol. The van der Waals surface area contributed by atoms with Gasteiger partial charge in [0.1, 0.15) is 29.8 Å². The molecule has 4 rings (SSSR count). The molecule has 208 valence electrons. The summed E-state index contributed by atoms with van der Waals surface area (Å²) in [5.74, 6) is 0.677. The average molecular weight is 536 g/mol. The minimum Gasteiger partial charge on any atom is -0.496 e. The number of hydrogen-bond donors (Lipinski definition) is 3. The molecule has 1 heterocycles. The molecule has 3 N–H and O–H groups in total. The first-order valence-electron chi connectivity index (χ1n) is 13.1. The van der Waals surface area contributed by atoms with Crippen LogP contribution in [0.25, 0.3) is 11.1 Å². The fourth-order valence-corrected chi connectivity index (χ4v) is 4.96. The molecular weight excluding hydrogens is 498 g/mol. The smallest absolute Gasteiger partial charge is 0.252 e. The van der Waals surface area contributed by atoms with Crippen LogP contribution in [0, 0.1) is 0 Å². The number of carbonyl (C=O) groups is 1. The van der Waals surface area contributed by atoms with Gasteiger partial charge < -0.3 is 34.5 Å². The van der Waals surface area contributed by atoms with Gasteiger partial charge in [0.15, 0.2) is 0 Å². The molecule has 39 heavy (non-hydrogen) atoms.